The number of rotatable bonds is 13. The van der Waals surface area contributed by atoms with Crippen LogP contribution in [0.4, 0.5) is 0 Å². The van der Waals surface area contributed by atoms with Crippen LogP contribution in [-0.2, 0) is 14.3 Å². The minimum Gasteiger partial charge on any atom is -0.396 e. The molecule has 0 aliphatic heterocycles. The van der Waals surface area contributed by atoms with E-state index in [1.54, 1.807) is 25.6 Å². The summed E-state index contributed by atoms with van der Waals surface area (Å²) in [6.45, 7) is 3.45. The molecule has 0 saturated carbocycles. The SMILES string of the molecule is CC(C)(CO)[C@@H](O)C(=O)NCCC(=O)NCCSC(c1ccccc1)(c1ccccc1)c1ccccc1. The third-order valence-electron chi connectivity index (χ3n) is 6.33. The number of aliphatic hydroxyl groups is 2. The van der Waals surface area contributed by atoms with Gasteiger partial charge in [0.2, 0.25) is 11.8 Å². The minimum absolute atomic E-state index is 0.101. The standard InChI is InChI=1S/C30H36N2O4S/c1-29(2,22-33)27(35)28(36)32-19-18-26(34)31-20-21-37-30(23-12-6-3-7-13-23,24-14-8-4-9-15-24)25-16-10-5-11-17-25/h3-17,27,33,35H,18-22H2,1-2H3,(H,31,34)(H,32,36)/t27-/m0/s1. The third-order valence-corrected chi connectivity index (χ3v) is 7.88. The van der Waals surface area contributed by atoms with E-state index in [4.69, 9.17) is 0 Å². The lowest BCUT2D eigenvalue weighted by Gasteiger charge is -2.35. The highest BCUT2D eigenvalue weighted by molar-refractivity contribution is 8.00. The van der Waals surface area contributed by atoms with Crippen LogP contribution in [0, 0.1) is 5.41 Å². The summed E-state index contributed by atoms with van der Waals surface area (Å²) in [5.74, 6) is -0.109. The van der Waals surface area contributed by atoms with E-state index in [1.807, 2.05) is 54.6 Å². The van der Waals surface area contributed by atoms with E-state index in [9.17, 15) is 19.8 Å². The van der Waals surface area contributed by atoms with Gasteiger partial charge in [0.15, 0.2) is 0 Å². The summed E-state index contributed by atoms with van der Waals surface area (Å²) in [7, 11) is 0. The van der Waals surface area contributed by atoms with Gasteiger partial charge < -0.3 is 20.8 Å². The molecular weight excluding hydrogens is 484 g/mol. The Kier molecular flexibility index (Phi) is 10.3. The summed E-state index contributed by atoms with van der Waals surface area (Å²) < 4.78 is -0.446. The molecule has 0 saturated heterocycles. The molecule has 1 atom stereocenters. The molecule has 0 aliphatic rings. The van der Waals surface area contributed by atoms with Crippen LogP contribution in [0.5, 0.6) is 0 Å². The van der Waals surface area contributed by atoms with Crippen LogP contribution in [0.2, 0.25) is 0 Å². The zero-order valence-electron chi connectivity index (χ0n) is 21.4. The van der Waals surface area contributed by atoms with Crippen molar-refractivity contribution in [1.82, 2.24) is 10.6 Å². The highest BCUT2D eigenvalue weighted by atomic mass is 32.2. The Balaban J connectivity index is 1.64. The Hall–Kier alpha value is -3.13. The van der Waals surface area contributed by atoms with Gasteiger partial charge in [-0.1, -0.05) is 105 Å². The lowest BCUT2D eigenvalue weighted by molar-refractivity contribution is -0.137. The van der Waals surface area contributed by atoms with Crippen molar-refractivity contribution in [2.75, 3.05) is 25.4 Å². The average Bonchev–Trinajstić information content (AvgIpc) is 2.94. The van der Waals surface area contributed by atoms with Crippen molar-refractivity contribution in [3.05, 3.63) is 108 Å². The summed E-state index contributed by atoms with van der Waals surface area (Å²) in [5.41, 5.74) is 2.54. The van der Waals surface area contributed by atoms with Crippen molar-refractivity contribution in [2.24, 2.45) is 5.41 Å². The van der Waals surface area contributed by atoms with E-state index in [1.165, 1.54) is 0 Å². The summed E-state index contributed by atoms with van der Waals surface area (Å²) in [6.07, 6.45) is -1.25. The molecule has 0 aliphatic carbocycles. The van der Waals surface area contributed by atoms with Gasteiger partial charge in [-0.2, -0.15) is 0 Å². The number of thioether (sulfide) groups is 1. The fraction of sp³-hybridized carbons (Fsp3) is 0.333. The molecule has 4 N–H and O–H groups in total. The molecule has 0 fully saturated rings. The Bertz CT molecular complexity index is 1030. The first kappa shape index (κ1) is 28.4. The summed E-state index contributed by atoms with van der Waals surface area (Å²) in [4.78, 5) is 24.5. The third kappa shape index (κ3) is 7.22. The van der Waals surface area contributed by atoms with Crippen molar-refractivity contribution in [1.29, 1.82) is 0 Å². The van der Waals surface area contributed by atoms with E-state index in [2.05, 4.69) is 47.0 Å². The molecule has 0 bridgehead atoms. The number of hydrogen-bond donors (Lipinski definition) is 4. The van der Waals surface area contributed by atoms with Crippen LogP contribution < -0.4 is 10.6 Å². The smallest absolute Gasteiger partial charge is 0.249 e. The van der Waals surface area contributed by atoms with Gasteiger partial charge in [-0.25, -0.2) is 0 Å². The van der Waals surface area contributed by atoms with Crippen LogP contribution in [0.25, 0.3) is 0 Å². The topological polar surface area (TPSA) is 98.7 Å². The molecule has 37 heavy (non-hydrogen) atoms. The maximum Gasteiger partial charge on any atom is 0.249 e. The quantitative estimate of drug-likeness (QED) is 0.203. The predicted octanol–water partition coefficient (Wildman–Crippen LogP) is 3.71. The first-order chi connectivity index (χ1) is 17.8. The van der Waals surface area contributed by atoms with Gasteiger partial charge in [0.05, 0.1) is 11.4 Å². The molecule has 7 heteroatoms. The number of carbonyl (C=O) groups is 2. The van der Waals surface area contributed by atoms with Gasteiger partial charge in [0.1, 0.15) is 6.10 Å². The van der Waals surface area contributed by atoms with E-state index in [0.29, 0.717) is 12.3 Å². The van der Waals surface area contributed by atoms with Crippen molar-refractivity contribution >= 4 is 23.6 Å². The van der Waals surface area contributed by atoms with Gasteiger partial charge in [0.25, 0.3) is 0 Å². The van der Waals surface area contributed by atoms with Gasteiger partial charge >= 0.3 is 0 Å². The predicted molar refractivity (Wildman–Crippen MR) is 149 cm³/mol. The number of carbonyl (C=O) groups excluding carboxylic acids is 2. The number of nitrogens with one attached hydrogen (secondary N) is 2. The Morgan fingerprint density at radius 3 is 1.68 bits per heavy atom. The van der Waals surface area contributed by atoms with Crippen LogP contribution in [0.15, 0.2) is 91.0 Å². The van der Waals surface area contributed by atoms with Crippen molar-refractivity contribution in [3.63, 3.8) is 0 Å². The van der Waals surface area contributed by atoms with Crippen molar-refractivity contribution in [2.45, 2.75) is 31.1 Å². The van der Waals surface area contributed by atoms with E-state index < -0.39 is 22.2 Å². The monoisotopic (exact) mass is 520 g/mol. The molecular formula is C30H36N2O4S. The lowest BCUT2D eigenvalue weighted by atomic mass is 9.84. The second-order valence-electron chi connectivity index (χ2n) is 9.57. The number of amides is 2. The summed E-state index contributed by atoms with van der Waals surface area (Å²) in [6, 6.07) is 31.2. The van der Waals surface area contributed by atoms with E-state index in [-0.39, 0.29) is 25.5 Å². The van der Waals surface area contributed by atoms with Crippen molar-refractivity contribution < 1.29 is 19.8 Å². The zero-order valence-corrected chi connectivity index (χ0v) is 22.2. The highest BCUT2D eigenvalue weighted by Crippen LogP contribution is 2.48. The Morgan fingerprint density at radius 1 is 0.784 bits per heavy atom. The van der Waals surface area contributed by atoms with E-state index in [0.717, 1.165) is 16.7 Å². The first-order valence-electron chi connectivity index (χ1n) is 12.4. The largest absolute Gasteiger partial charge is 0.396 e. The fourth-order valence-corrected chi connectivity index (χ4v) is 5.51. The summed E-state index contributed by atoms with van der Waals surface area (Å²) in [5, 5.41) is 24.9. The average molecular weight is 521 g/mol. The molecule has 3 aromatic carbocycles. The van der Waals surface area contributed by atoms with Crippen LogP contribution in [-0.4, -0.2) is 53.6 Å². The fourth-order valence-electron chi connectivity index (χ4n) is 4.09. The van der Waals surface area contributed by atoms with Crippen LogP contribution in [0.1, 0.15) is 37.0 Å². The molecule has 2 amide bonds. The van der Waals surface area contributed by atoms with Gasteiger partial charge in [-0.05, 0) is 16.7 Å². The molecule has 0 spiro atoms. The van der Waals surface area contributed by atoms with Crippen LogP contribution >= 0.6 is 11.8 Å². The Labute approximate surface area is 223 Å². The van der Waals surface area contributed by atoms with Gasteiger partial charge in [0, 0.05) is 30.7 Å². The Morgan fingerprint density at radius 2 is 1.24 bits per heavy atom. The molecule has 0 radical (unpaired) electrons. The van der Waals surface area contributed by atoms with Gasteiger partial charge in [-0.3, -0.25) is 9.59 Å². The van der Waals surface area contributed by atoms with E-state index >= 15 is 0 Å². The molecule has 3 rings (SSSR count). The maximum absolute atomic E-state index is 12.4. The minimum atomic E-state index is -1.35. The molecule has 0 unspecified atom stereocenters. The maximum atomic E-state index is 12.4. The first-order valence-corrected chi connectivity index (χ1v) is 13.4. The van der Waals surface area contributed by atoms with Crippen molar-refractivity contribution in [3.8, 4) is 0 Å². The highest BCUT2D eigenvalue weighted by Gasteiger charge is 2.36. The molecule has 6 nitrogen and oxygen atoms in total. The second kappa shape index (κ2) is 13.4. The summed E-state index contributed by atoms with van der Waals surface area (Å²) >= 11 is 1.77. The number of hydrogen-bond acceptors (Lipinski definition) is 5. The second-order valence-corrected chi connectivity index (χ2v) is 10.9. The number of benzene rings is 3. The van der Waals surface area contributed by atoms with Gasteiger partial charge in [-0.15, -0.1) is 11.8 Å². The molecule has 0 heterocycles. The number of aliphatic hydroxyl groups excluding tert-OH is 2. The normalized spacial score (nSPS) is 12.5. The lowest BCUT2D eigenvalue weighted by Crippen LogP contribution is -2.46. The van der Waals surface area contributed by atoms with Crippen LogP contribution in [0.3, 0.4) is 0 Å². The molecule has 196 valence electrons. The zero-order chi connectivity index (χ0) is 26.7. The molecule has 3 aromatic rings. The molecule has 0 aromatic heterocycles.